The Hall–Kier alpha value is -4.33. The van der Waals surface area contributed by atoms with E-state index in [4.69, 9.17) is 14.5 Å². The minimum atomic E-state index is -3.22. The van der Waals surface area contributed by atoms with E-state index in [0.717, 1.165) is 0 Å². The highest BCUT2D eigenvalue weighted by Gasteiger charge is 2.50. The summed E-state index contributed by atoms with van der Waals surface area (Å²) in [6.07, 6.45) is 0.0382. The van der Waals surface area contributed by atoms with Crippen molar-refractivity contribution >= 4 is 44.1 Å². The van der Waals surface area contributed by atoms with Gasteiger partial charge >= 0.3 is 11.9 Å². The summed E-state index contributed by atoms with van der Waals surface area (Å²) < 4.78 is 36.6. The first kappa shape index (κ1) is 25.9. The van der Waals surface area contributed by atoms with Gasteiger partial charge in [0.1, 0.15) is 6.61 Å². The van der Waals surface area contributed by atoms with Crippen LogP contribution in [0.5, 0.6) is 0 Å². The first-order valence-electron chi connectivity index (χ1n) is 12.7. The molecule has 0 spiro atoms. The number of nitro benzene ring substituents is 1. The Kier molecular flexibility index (Phi) is 5.73. The Bertz CT molecular complexity index is 1820. The molecule has 0 aliphatic carbocycles. The van der Waals surface area contributed by atoms with Crippen molar-refractivity contribution in [2.24, 2.45) is 0 Å². The monoisotopic (exact) mass is 568 g/mol. The number of sulfone groups is 1. The van der Waals surface area contributed by atoms with E-state index in [2.05, 4.69) is 0 Å². The number of hydrogen-bond donors (Lipinski definition) is 0. The number of pyridine rings is 2. The lowest BCUT2D eigenvalue weighted by molar-refractivity contribution is -0.384. The number of esters is 2. The third kappa shape index (κ3) is 3.77. The van der Waals surface area contributed by atoms with E-state index in [1.165, 1.54) is 29.7 Å². The molecule has 1 aromatic carbocycles. The molecule has 208 valence electrons. The number of aromatic nitrogens is 2. The third-order valence-corrected chi connectivity index (χ3v) is 9.41. The Labute approximate surface area is 227 Å². The number of carbonyl (C=O) groups is 2. The van der Waals surface area contributed by atoms with Crippen LogP contribution in [0.1, 0.15) is 37.0 Å². The second kappa shape index (κ2) is 8.84. The summed E-state index contributed by atoms with van der Waals surface area (Å²) in [5.74, 6) is -1.64. The normalized spacial score (nSPS) is 20.9. The van der Waals surface area contributed by atoms with Crippen LogP contribution in [0.25, 0.3) is 22.3 Å². The number of cyclic esters (lactones) is 1. The van der Waals surface area contributed by atoms with Gasteiger partial charge < -0.3 is 18.9 Å². The molecule has 1 atom stereocenters. The van der Waals surface area contributed by atoms with Crippen molar-refractivity contribution in [2.45, 2.75) is 39.0 Å². The minimum Gasteiger partial charge on any atom is -0.457 e. The van der Waals surface area contributed by atoms with Crippen molar-refractivity contribution < 1.29 is 32.4 Å². The summed E-state index contributed by atoms with van der Waals surface area (Å²) in [7, 11) is -3.22. The fraction of sp³-hybridized carbons (Fsp3) is 0.385. The molecule has 14 heteroatoms. The lowest BCUT2D eigenvalue weighted by Gasteiger charge is -2.35. The van der Waals surface area contributed by atoms with Crippen molar-refractivity contribution in [3.05, 3.63) is 61.4 Å². The molecule has 0 unspecified atom stereocenters. The first-order chi connectivity index (χ1) is 19.0. The molecule has 3 aromatic rings. The van der Waals surface area contributed by atoms with Crippen LogP contribution >= 0.6 is 0 Å². The average Bonchev–Trinajstić information content (AvgIpc) is 3.27. The van der Waals surface area contributed by atoms with E-state index in [1.807, 2.05) is 4.90 Å². The minimum absolute atomic E-state index is 0.0382. The van der Waals surface area contributed by atoms with Gasteiger partial charge in [0, 0.05) is 48.7 Å². The lowest BCUT2D eigenvalue weighted by Crippen LogP contribution is -2.47. The molecular weight excluding hydrogens is 544 g/mol. The molecule has 0 N–H and O–H groups in total. The largest absolute Gasteiger partial charge is 0.457 e. The van der Waals surface area contributed by atoms with Gasteiger partial charge in [0.15, 0.2) is 9.84 Å². The van der Waals surface area contributed by atoms with Crippen LogP contribution in [0.4, 0.5) is 11.4 Å². The highest BCUT2D eigenvalue weighted by Crippen LogP contribution is 2.44. The smallest absolute Gasteiger partial charge is 0.355 e. The van der Waals surface area contributed by atoms with Crippen molar-refractivity contribution in [1.29, 1.82) is 0 Å². The zero-order valence-corrected chi connectivity index (χ0v) is 22.4. The number of nitrogens with zero attached hydrogens (tertiary/aromatic N) is 4. The fourth-order valence-corrected chi connectivity index (χ4v) is 7.06. The first-order valence-corrected chi connectivity index (χ1v) is 14.5. The maximum atomic E-state index is 13.8. The number of nitro groups is 1. The molecule has 40 heavy (non-hydrogen) atoms. The van der Waals surface area contributed by atoms with Crippen LogP contribution in [0.15, 0.2) is 29.1 Å². The molecule has 1 fully saturated rings. The van der Waals surface area contributed by atoms with Crippen molar-refractivity contribution in [2.75, 3.05) is 29.5 Å². The summed E-state index contributed by atoms with van der Waals surface area (Å²) >= 11 is 0. The molecule has 3 aliphatic rings. The van der Waals surface area contributed by atoms with Gasteiger partial charge in [0.25, 0.3) is 11.2 Å². The van der Waals surface area contributed by atoms with E-state index in [1.54, 1.807) is 13.0 Å². The van der Waals surface area contributed by atoms with Gasteiger partial charge in [-0.1, -0.05) is 6.92 Å². The van der Waals surface area contributed by atoms with Gasteiger partial charge in [-0.15, -0.1) is 0 Å². The van der Waals surface area contributed by atoms with E-state index < -0.39 is 37.9 Å². The van der Waals surface area contributed by atoms with Crippen molar-refractivity contribution in [1.82, 2.24) is 9.55 Å². The Balaban J connectivity index is 1.62. The average molecular weight is 569 g/mol. The van der Waals surface area contributed by atoms with Gasteiger partial charge in [0.05, 0.1) is 51.1 Å². The zero-order chi connectivity index (χ0) is 28.6. The van der Waals surface area contributed by atoms with Crippen LogP contribution in [-0.2, 0) is 47.7 Å². The molecule has 0 bridgehead atoms. The fourth-order valence-electron chi connectivity index (χ4n) is 5.86. The topological polar surface area (TPSA) is 168 Å². The maximum Gasteiger partial charge on any atom is 0.355 e. The molecule has 0 radical (unpaired) electrons. The summed E-state index contributed by atoms with van der Waals surface area (Å²) in [6.45, 7) is 2.95. The van der Waals surface area contributed by atoms with Crippen LogP contribution in [0, 0.1) is 10.1 Å². The van der Waals surface area contributed by atoms with E-state index >= 15 is 0 Å². The van der Waals surface area contributed by atoms with Crippen LogP contribution in [-0.4, -0.2) is 59.4 Å². The molecule has 1 saturated heterocycles. The third-order valence-electron chi connectivity index (χ3n) is 7.80. The van der Waals surface area contributed by atoms with Gasteiger partial charge in [0.2, 0.25) is 5.60 Å². The zero-order valence-electron chi connectivity index (χ0n) is 21.6. The van der Waals surface area contributed by atoms with E-state index in [-0.39, 0.29) is 61.0 Å². The molecule has 3 aliphatic heterocycles. The number of ether oxygens (including phenoxy) is 2. The van der Waals surface area contributed by atoms with E-state index in [0.29, 0.717) is 33.5 Å². The predicted octanol–water partition coefficient (Wildman–Crippen LogP) is 1.79. The predicted molar refractivity (Wildman–Crippen MR) is 142 cm³/mol. The number of benzene rings is 1. The van der Waals surface area contributed by atoms with Crippen LogP contribution in [0.3, 0.4) is 0 Å². The summed E-state index contributed by atoms with van der Waals surface area (Å²) in [4.78, 5) is 56.5. The highest BCUT2D eigenvalue weighted by molar-refractivity contribution is 7.91. The number of carbonyl (C=O) groups excluding carboxylic acids is 2. The molecule has 5 heterocycles. The molecule has 2 aromatic heterocycles. The van der Waals surface area contributed by atoms with Gasteiger partial charge in [-0.3, -0.25) is 19.7 Å². The Morgan fingerprint density at radius 3 is 2.58 bits per heavy atom. The van der Waals surface area contributed by atoms with Gasteiger partial charge in [-0.25, -0.2) is 18.2 Å². The number of rotatable bonds is 4. The second-order valence-electron chi connectivity index (χ2n) is 10.0. The van der Waals surface area contributed by atoms with Crippen LogP contribution in [0.2, 0.25) is 0 Å². The summed E-state index contributed by atoms with van der Waals surface area (Å²) in [5.41, 5.74) is 0.472. The van der Waals surface area contributed by atoms with Gasteiger partial charge in [-0.2, -0.15) is 0 Å². The molecule has 0 saturated carbocycles. The summed E-state index contributed by atoms with van der Waals surface area (Å²) in [5, 5.41) is 12.1. The Morgan fingerprint density at radius 2 is 1.93 bits per heavy atom. The van der Waals surface area contributed by atoms with Crippen molar-refractivity contribution in [3.63, 3.8) is 0 Å². The Morgan fingerprint density at radius 1 is 1.20 bits per heavy atom. The quantitative estimate of drug-likeness (QED) is 0.200. The van der Waals surface area contributed by atoms with Gasteiger partial charge in [-0.05, 0) is 18.6 Å². The SMILES string of the molecule is CC[C@@]1(OC(C)=O)C(=O)OCc2c1cc1n(c2=O)Cc2c-1nc1ccc([N+](=O)[O-])cc1c2N1CCS(=O)(=O)CC1. The highest BCUT2D eigenvalue weighted by atomic mass is 32.2. The molecule has 0 amide bonds. The summed E-state index contributed by atoms with van der Waals surface area (Å²) in [6, 6.07) is 5.89. The molecular formula is C26H24N4O9S. The maximum absolute atomic E-state index is 13.8. The number of fused-ring (bicyclic) bond motifs is 5. The number of hydrogen-bond acceptors (Lipinski definition) is 11. The molecule has 13 nitrogen and oxygen atoms in total. The molecule has 6 rings (SSSR count). The number of non-ortho nitro benzene ring substituents is 1. The van der Waals surface area contributed by atoms with E-state index in [9.17, 15) is 32.9 Å². The second-order valence-corrected chi connectivity index (χ2v) is 12.4. The standard InChI is InChI=1S/C26H24N4O9S/c1-3-26(39-14(2)31)19-11-21-22-17(12-29(21)24(32)18(19)13-38-25(26)33)23(28-6-8-40(36,37)9-7-28)16-10-15(30(34)35)4-5-20(16)27-22/h4-5,10-11H,3,6-9,12-13H2,1-2H3/t26-/m0/s1. The lowest BCUT2D eigenvalue weighted by atomic mass is 9.85. The number of anilines is 1. The van der Waals surface area contributed by atoms with Crippen molar-refractivity contribution in [3.8, 4) is 11.4 Å². The van der Waals surface area contributed by atoms with Crippen LogP contribution < -0.4 is 10.5 Å².